The zero-order valence-electron chi connectivity index (χ0n) is 14.9. The Morgan fingerprint density at radius 3 is 2.56 bits per heavy atom. The van der Waals surface area contributed by atoms with Crippen LogP contribution in [0.4, 0.5) is 0 Å². The lowest BCUT2D eigenvalue weighted by atomic mass is 9.94. The Hall–Kier alpha value is -3.41. The number of nitrogens with one attached hydrogen (secondary N) is 2. The first-order valence-corrected chi connectivity index (χ1v) is 8.76. The summed E-state index contributed by atoms with van der Waals surface area (Å²) in [4.78, 5) is 31.8. The molecule has 2 N–H and O–H groups in total. The van der Waals surface area contributed by atoms with Crippen LogP contribution in [0.25, 0.3) is 11.4 Å². The number of hydrogen-bond acceptors (Lipinski definition) is 4. The lowest BCUT2D eigenvalue weighted by Crippen LogP contribution is -2.26. The predicted octanol–water partition coefficient (Wildman–Crippen LogP) is 2.93. The molecule has 136 valence electrons. The molecule has 0 spiro atoms. The van der Waals surface area contributed by atoms with Gasteiger partial charge in [-0.15, -0.1) is 0 Å². The number of hydrogen-bond donors (Lipinski definition) is 2. The first-order chi connectivity index (χ1) is 13.2. The van der Waals surface area contributed by atoms with E-state index >= 15 is 0 Å². The standard InChI is InChI=1S/C21H19N3O3/c1-27-21(26)15-9-7-14(8-10-15)19-23-17-11-16(13-5-3-2-4-6-13)12-22-20(25)18(17)24-19/h2-10,16H,11-12H2,1H3,(H,22,25)(H,23,24)/t16-/m0/s1. The molecule has 0 radical (unpaired) electrons. The summed E-state index contributed by atoms with van der Waals surface area (Å²) in [5.74, 6) is 0.241. The number of ether oxygens (including phenoxy) is 1. The van der Waals surface area contributed by atoms with Gasteiger partial charge in [-0.3, -0.25) is 4.79 Å². The quantitative estimate of drug-likeness (QED) is 0.703. The number of rotatable bonds is 3. The minimum Gasteiger partial charge on any atom is -0.465 e. The molecule has 6 nitrogen and oxygen atoms in total. The smallest absolute Gasteiger partial charge is 0.337 e. The Labute approximate surface area is 156 Å². The summed E-state index contributed by atoms with van der Waals surface area (Å²) in [7, 11) is 1.35. The second-order valence-corrected chi connectivity index (χ2v) is 6.50. The molecule has 1 aromatic heterocycles. The van der Waals surface area contributed by atoms with E-state index in [0.29, 0.717) is 30.0 Å². The predicted molar refractivity (Wildman–Crippen MR) is 101 cm³/mol. The van der Waals surface area contributed by atoms with Crippen molar-refractivity contribution < 1.29 is 14.3 Å². The average Bonchev–Trinajstić information content (AvgIpc) is 3.08. The minimum absolute atomic E-state index is 0.169. The molecule has 0 bridgehead atoms. The summed E-state index contributed by atoms with van der Waals surface area (Å²) < 4.78 is 4.71. The molecule has 1 amide bonds. The Morgan fingerprint density at radius 2 is 1.85 bits per heavy atom. The maximum atomic E-state index is 12.5. The van der Waals surface area contributed by atoms with Gasteiger partial charge in [-0.05, 0) is 24.1 Å². The molecule has 1 aliphatic heterocycles. The molecular weight excluding hydrogens is 342 g/mol. The SMILES string of the molecule is COC(=O)c1ccc(-c2nc3c([nH]2)C[C@H](c2ccccc2)CNC3=O)cc1. The van der Waals surface area contributed by atoms with E-state index in [2.05, 4.69) is 27.4 Å². The summed E-state index contributed by atoms with van der Waals surface area (Å²) in [6.07, 6.45) is 0.700. The number of carbonyl (C=O) groups is 2. The molecule has 0 saturated heterocycles. The molecule has 6 heteroatoms. The number of nitrogens with zero attached hydrogens (tertiary/aromatic N) is 1. The van der Waals surface area contributed by atoms with E-state index in [-0.39, 0.29) is 17.8 Å². The molecular formula is C21H19N3O3. The number of benzene rings is 2. The Kier molecular flexibility index (Phi) is 4.46. The number of aromatic amines is 1. The number of imidazole rings is 1. The zero-order valence-corrected chi connectivity index (χ0v) is 14.9. The third-order valence-corrected chi connectivity index (χ3v) is 4.80. The monoisotopic (exact) mass is 361 g/mol. The molecule has 3 aromatic rings. The molecule has 2 heterocycles. The molecule has 4 rings (SSSR count). The number of H-pyrrole nitrogens is 1. The van der Waals surface area contributed by atoms with Crippen LogP contribution >= 0.6 is 0 Å². The van der Waals surface area contributed by atoms with Crippen LogP contribution in [-0.4, -0.2) is 35.5 Å². The number of esters is 1. The van der Waals surface area contributed by atoms with Gasteiger partial charge in [-0.2, -0.15) is 0 Å². The van der Waals surface area contributed by atoms with Crippen LogP contribution in [0.15, 0.2) is 54.6 Å². The van der Waals surface area contributed by atoms with Crippen molar-refractivity contribution in [2.75, 3.05) is 13.7 Å². The fraction of sp³-hybridized carbons (Fsp3) is 0.190. The van der Waals surface area contributed by atoms with Gasteiger partial charge in [0.15, 0.2) is 0 Å². The largest absolute Gasteiger partial charge is 0.465 e. The fourth-order valence-corrected chi connectivity index (χ4v) is 3.34. The van der Waals surface area contributed by atoms with Gasteiger partial charge in [0.1, 0.15) is 11.5 Å². The lowest BCUT2D eigenvalue weighted by molar-refractivity contribution is 0.0600. The summed E-state index contributed by atoms with van der Waals surface area (Å²) in [6, 6.07) is 17.1. The van der Waals surface area contributed by atoms with Gasteiger partial charge in [0, 0.05) is 23.7 Å². The Morgan fingerprint density at radius 1 is 1.11 bits per heavy atom. The van der Waals surface area contributed by atoms with Gasteiger partial charge in [0.25, 0.3) is 5.91 Å². The number of methoxy groups -OCH3 is 1. The highest BCUT2D eigenvalue weighted by molar-refractivity contribution is 5.94. The molecule has 27 heavy (non-hydrogen) atoms. The molecule has 0 saturated carbocycles. The zero-order chi connectivity index (χ0) is 18.8. The Bertz CT molecular complexity index is 978. The number of aromatic nitrogens is 2. The summed E-state index contributed by atoms with van der Waals surface area (Å²) in [5.41, 5.74) is 3.71. The summed E-state index contributed by atoms with van der Waals surface area (Å²) >= 11 is 0. The van der Waals surface area contributed by atoms with Crippen molar-refractivity contribution >= 4 is 11.9 Å². The van der Waals surface area contributed by atoms with Crippen LogP contribution in [0.5, 0.6) is 0 Å². The third kappa shape index (κ3) is 3.33. The van der Waals surface area contributed by atoms with Gasteiger partial charge >= 0.3 is 5.97 Å². The first-order valence-electron chi connectivity index (χ1n) is 8.76. The van der Waals surface area contributed by atoms with Gasteiger partial charge < -0.3 is 15.0 Å². The highest BCUT2D eigenvalue weighted by Gasteiger charge is 2.26. The number of fused-ring (bicyclic) bond motifs is 1. The molecule has 2 aromatic carbocycles. The molecule has 1 aliphatic rings. The van der Waals surface area contributed by atoms with Crippen molar-refractivity contribution in [1.82, 2.24) is 15.3 Å². The maximum absolute atomic E-state index is 12.5. The first kappa shape index (κ1) is 17.0. The van der Waals surface area contributed by atoms with E-state index in [1.54, 1.807) is 24.3 Å². The number of carbonyl (C=O) groups excluding carboxylic acids is 2. The summed E-state index contributed by atoms with van der Waals surface area (Å²) in [6.45, 7) is 0.580. The van der Waals surface area contributed by atoms with Gasteiger partial charge in [0.2, 0.25) is 0 Å². The van der Waals surface area contributed by atoms with Gasteiger partial charge in [0.05, 0.1) is 12.7 Å². The molecule has 0 unspecified atom stereocenters. The second-order valence-electron chi connectivity index (χ2n) is 6.50. The van der Waals surface area contributed by atoms with E-state index in [1.165, 1.54) is 12.7 Å². The van der Waals surface area contributed by atoms with Gasteiger partial charge in [-0.1, -0.05) is 42.5 Å². The van der Waals surface area contributed by atoms with E-state index < -0.39 is 0 Å². The highest BCUT2D eigenvalue weighted by Crippen LogP contribution is 2.27. The minimum atomic E-state index is -0.387. The van der Waals surface area contributed by atoms with Crippen molar-refractivity contribution in [3.05, 3.63) is 77.1 Å². The van der Waals surface area contributed by atoms with Gasteiger partial charge in [-0.25, -0.2) is 9.78 Å². The van der Waals surface area contributed by atoms with E-state index in [1.807, 2.05) is 18.2 Å². The van der Waals surface area contributed by atoms with Crippen molar-refractivity contribution in [2.24, 2.45) is 0 Å². The van der Waals surface area contributed by atoms with E-state index in [4.69, 9.17) is 4.74 Å². The van der Waals surface area contributed by atoms with Crippen molar-refractivity contribution in [3.63, 3.8) is 0 Å². The fourth-order valence-electron chi connectivity index (χ4n) is 3.34. The van der Waals surface area contributed by atoms with Crippen molar-refractivity contribution in [2.45, 2.75) is 12.3 Å². The van der Waals surface area contributed by atoms with Crippen LogP contribution in [0.2, 0.25) is 0 Å². The maximum Gasteiger partial charge on any atom is 0.337 e. The van der Waals surface area contributed by atoms with Crippen LogP contribution in [-0.2, 0) is 11.2 Å². The van der Waals surface area contributed by atoms with E-state index in [9.17, 15) is 9.59 Å². The molecule has 1 atom stereocenters. The van der Waals surface area contributed by atoms with Crippen LogP contribution < -0.4 is 5.32 Å². The Balaban J connectivity index is 1.64. The average molecular weight is 361 g/mol. The lowest BCUT2D eigenvalue weighted by Gasteiger charge is -2.14. The van der Waals surface area contributed by atoms with Crippen LogP contribution in [0.1, 0.15) is 38.0 Å². The second kappa shape index (κ2) is 7.07. The molecule has 0 fully saturated rings. The normalized spacial score (nSPS) is 16.2. The van der Waals surface area contributed by atoms with Crippen LogP contribution in [0, 0.1) is 0 Å². The van der Waals surface area contributed by atoms with Crippen molar-refractivity contribution in [1.29, 1.82) is 0 Å². The number of amides is 1. The van der Waals surface area contributed by atoms with Crippen molar-refractivity contribution in [3.8, 4) is 11.4 Å². The van der Waals surface area contributed by atoms with Crippen LogP contribution in [0.3, 0.4) is 0 Å². The molecule has 0 aliphatic carbocycles. The third-order valence-electron chi connectivity index (χ3n) is 4.80. The highest BCUT2D eigenvalue weighted by atomic mass is 16.5. The topological polar surface area (TPSA) is 84.1 Å². The van der Waals surface area contributed by atoms with E-state index in [0.717, 1.165) is 11.3 Å². The summed E-state index contributed by atoms with van der Waals surface area (Å²) in [5, 5.41) is 2.96.